The van der Waals surface area contributed by atoms with Crippen LogP contribution in [-0.4, -0.2) is 49.6 Å². The second kappa shape index (κ2) is 8.87. The number of rotatable bonds is 9. The Balaban J connectivity index is 4.74. The third-order valence-electron chi connectivity index (χ3n) is 2.53. The van der Waals surface area contributed by atoms with Crippen LogP contribution in [-0.2, 0) is 23.8 Å². The third-order valence-corrected chi connectivity index (χ3v) is 2.53. The molecule has 0 aliphatic heterocycles. The van der Waals surface area contributed by atoms with Crippen LogP contribution in [0.25, 0.3) is 0 Å². The molecule has 0 saturated heterocycles. The molecule has 0 unspecified atom stereocenters. The molecule has 112 valence electrons. The number of esters is 2. The smallest absolute Gasteiger partial charge is 0.302 e. The summed E-state index contributed by atoms with van der Waals surface area (Å²) in [6.45, 7) is 6.59. The third kappa shape index (κ3) is 8.56. The Morgan fingerprint density at radius 1 is 1.05 bits per heavy atom. The molecular formula is C13H24O6. The van der Waals surface area contributed by atoms with Crippen LogP contribution in [0.15, 0.2) is 0 Å². The van der Waals surface area contributed by atoms with E-state index < -0.39 is 17.4 Å². The maximum Gasteiger partial charge on any atom is 0.302 e. The topological polar surface area (TPSA) is 82.1 Å². The van der Waals surface area contributed by atoms with Crippen LogP contribution in [0.1, 0.15) is 34.1 Å². The first-order valence-corrected chi connectivity index (χ1v) is 6.30. The molecule has 0 aliphatic carbocycles. The van der Waals surface area contributed by atoms with Gasteiger partial charge in [-0.1, -0.05) is 0 Å². The molecule has 0 saturated carbocycles. The highest BCUT2D eigenvalue weighted by atomic mass is 16.6. The van der Waals surface area contributed by atoms with Crippen LogP contribution in [0, 0.1) is 5.41 Å². The number of hydrogen-bond acceptors (Lipinski definition) is 6. The van der Waals surface area contributed by atoms with Crippen molar-refractivity contribution >= 4 is 11.9 Å². The molecule has 0 heterocycles. The molecule has 0 rings (SSSR count). The predicted molar refractivity (Wildman–Crippen MR) is 68.5 cm³/mol. The molecule has 0 fully saturated rings. The van der Waals surface area contributed by atoms with E-state index in [4.69, 9.17) is 19.3 Å². The van der Waals surface area contributed by atoms with Gasteiger partial charge in [-0.2, -0.15) is 0 Å². The molecule has 0 aliphatic rings. The zero-order chi connectivity index (χ0) is 14.9. The fourth-order valence-corrected chi connectivity index (χ4v) is 1.43. The Labute approximate surface area is 114 Å². The number of aliphatic hydroxyl groups excluding tert-OH is 1. The van der Waals surface area contributed by atoms with Gasteiger partial charge in [-0.3, -0.25) is 9.59 Å². The van der Waals surface area contributed by atoms with Gasteiger partial charge in [0, 0.05) is 20.5 Å². The van der Waals surface area contributed by atoms with E-state index in [9.17, 15) is 9.59 Å². The molecule has 1 N–H and O–H groups in total. The molecule has 0 radical (unpaired) electrons. The number of carbonyl (C=O) groups excluding carboxylic acids is 2. The summed E-state index contributed by atoms with van der Waals surface area (Å²) in [5.74, 6) is -0.843. The zero-order valence-corrected chi connectivity index (χ0v) is 12.1. The largest absolute Gasteiger partial charge is 0.465 e. The van der Waals surface area contributed by atoms with Gasteiger partial charge in [0.15, 0.2) is 0 Å². The van der Waals surface area contributed by atoms with E-state index in [1.54, 1.807) is 0 Å². The lowest BCUT2D eigenvalue weighted by Gasteiger charge is -2.32. The number of ether oxygens (including phenoxy) is 3. The average Bonchev–Trinajstić information content (AvgIpc) is 2.31. The van der Waals surface area contributed by atoms with Gasteiger partial charge in [0.25, 0.3) is 0 Å². The fourth-order valence-electron chi connectivity index (χ4n) is 1.43. The minimum absolute atomic E-state index is 0.00674. The van der Waals surface area contributed by atoms with Gasteiger partial charge in [-0.25, -0.2) is 0 Å². The Bertz CT molecular complexity index is 269. The SMILES string of the molecule is CC(=O)OCC(CCO)(COC(C)=O)COC(C)C. The van der Waals surface area contributed by atoms with Crippen molar-refractivity contribution in [3.63, 3.8) is 0 Å². The Hall–Kier alpha value is -1.14. The van der Waals surface area contributed by atoms with Gasteiger partial charge >= 0.3 is 11.9 Å². The van der Waals surface area contributed by atoms with Crippen LogP contribution in [0.2, 0.25) is 0 Å². The Morgan fingerprint density at radius 2 is 1.53 bits per heavy atom. The molecule has 0 aromatic rings. The summed E-state index contributed by atoms with van der Waals surface area (Å²) in [6.07, 6.45) is 0.313. The van der Waals surface area contributed by atoms with Gasteiger partial charge in [0.05, 0.1) is 18.1 Å². The fraction of sp³-hybridized carbons (Fsp3) is 0.846. The predicted octanol–water partition coefficient (Wildman–Crippen LogP) is 0.906. The minimum Gasteiger partial charge on any atom is -0.465 e. The van der Waals surface area contributed by atoms with Crippen LogP contribution in [0.5, 0.6) is 0 Å². The highest BCUT2D eigenvalue weighted by molar-refractivity contribution is 5.66. The van der Waals surface area contributed by atoms with Crippen molar-refractivity contribution in [2.24, 2.45) is 5.41 Å². The van der Waals surface area contributed by atoms with Gasteiger partial charge in [-0.05, 0) is 20.3 Å². The van der Waals surface area contributed by atoms with E-state index in [1.807, 2.05) is 13.8 Å². The maximum atomic E-state index is 10.9. The maximum absolute atomic E-state index is 10.9. The number of hydrogen-bond donors (Lipinski definition) is 1. The van der Waals surface area contributed by atoms with E-state index >= 15 is 0 Å². The van der Waals surface area contributed by atoms with E-state index in [0.717, 1.165) is 0 Å². The first-order chi connectivity index (χ1) is 8.81. The van der Waals surface area contributed by atoms with Crippen molar-refractivity contribution < 1.29 is 28.9 Å². The first-order valence-electron chi connectivity index (χ1n) is 6.30. The van der Waals surface area contributed by atoms with Crippen LogP contribution in [0.3, 0.4) is 0 Å². The van der Waals surface area contributed by atoms with Gasteiger partial charge in [0.2, 0.25) is 0 Å². The second-order valence-electron chi connectivity index (χ2n) is 4.89. The summed E-state index contributed by atoms with van der Waals surface area (Å²) >= 11 is 0. The Morgan fingerprint density at radius 3 is 1.84 bits per heavy atom. The van der Waals surface area contributed by atoms with E-state index in [0.29, 0.717) is 6.42 Å². The highest BCUT2D eigenvalue weighted by Crippen LogP contribution is 2.25. The van der Waals surface area contributed by atoms with Crippen molar-refractivity contribution in [1.82, 2.24) is 0 Å². The van der Waals surface area contributed by atoms with Crippen molar-refractivity contribution in [2.45, 2.75) is 40.2 Å². The summed E-state index contributed by atoms with van der Waals surface area (Å²) < 4.78 is 15.5. The minimum atomic E-state index is -0.712. The molecule has 0 spiro atoms. The lowest BCUT2D eigenvalue weighted by Crippen LogP contribution is -2.40. The van der Waals surface area contributed by atoms with E-state index in [1.165, 1.54) is 13.8 Å². The average molecular weight is 276 g/mol. The monoisotopic (exact) mass is 276 g/mol. The molecule has 0 amide bonds. The summed E-state index contributed by atoms with van der Waals surface area (Å²) in [4.78, 5) is 21.9. The zero-order valence-electron chi connectivity index (χ0n) is 12.1. The summed E-state index contributed by atoms with van der Waals surface area (Å²) in [6, 6.07) is 0. The molecule has 0 aromatic heterocycles. The van der Waals surface area contributed by atoms with Crippen molar-refractivity contribution in [3.05, 3.63) is 0 Å². The van der Waals surface area contributed by atoms with E-state index in [-0.39, 0.29) is 32.5 Å². The first kappa shape index (κ1) is 17.9. The Kier molecular flexibility index (Phi) is 8.34. The van der Waals surface area contributed by atoms with Crippen LogP contribution < -0.4 is 0 Å². The van der Waals surface area contributed by atoms with Crippen molar-refractivity contribution in [2.75, 3.05) is 26.4 Å². The molecular weight excluding hydrogens is 252 g/mol. The second-order valence-corrected chi connectivity index (χ2v) is 4.89. The van der Waals surface area contributed by atoms with Crippen molar-refractivity contribution in [1.29, 1.82) is 0 Å². The summed E-state index contributed by atoms with van der Waals surface area (Å²) in [5, 5.41) is 9.16. The van der Waals surface area contributed by atoms with Crippen molar-refractivity contribution in [3.8, 4) is 0 Å². The quantitative estimate of drug-likeness (QED) is 0.630. The summed E-state index contributed by atoms with van der Waals surface area (Å²) in [5.41, 5.74) is -0.712. The number of aliphatic hydroxyl groups is 1. The van der Waals surface area contributed by atoms with Crippen LogP contribution in [0.4, 0.5) is 0 Å². The lowest BCUT2D eigenvalue weighted by atomic mass is 9.87. The number of carbonyl (C=O) groups is 2. The van der Waals surface area contributed by atoms with Gasteiger partial charge < -0.3 is 19.3 Å². The summed E-state index contributed by atoms with van der Waals surface area (Å²) in [7, 11) is 0. The molecule has 0 atom stereocenters. The van der Waals surface area contributed by atoms with Crippen LogP contribution >= 0.6 is 0 Å². The molecule has 0 bridgehead atoms. The highest BCUT2D eigenvalue weighted by Gasteiger charge is 2.33. The normalized spacial score (nSPS) is 11.5. The standard InChI is InChI=1S/C13H24O6/c1-10(2)17-7-13(5-6-14,8-18-11(3)15)9-19-12(4)16/h10,14H,5-9H2,1-4H3. The van der Waals surface area contributed by atoms with Gasteiger partial charge in [0.1, 0.15) is 13.2 Å². The molecule has 0 aromatic carbocycles. The van der Waals surface area contributed by atoms with E-state index in [2.05, 4.69) is 0 Å². The molecule has 19 heavy (non-hydrogen) atoms. The molecule has 6 nitrogen and oxygen atoms in total. The molecule has 6 heteroatoms. The lowest BCUT2D eigenvalue weighted by molar-refractivity contribution is -0.157. The van der Waals surface area contributed by atoms with Gasteiger partial charge in [-0.15, -0.1) is 0 Å².